The van der Waals surface area contributed by atoms with Gasteiger partial charge in [-0.05, 0) is 43.3 Å². The molecule has 0 atom stereocenters. The Balaban J connectivity index is 1.95. The van der Waals surface area contributed by atoms with E-state index in [4.69, 9.17) is 11.6 Å². The van der Waals surface area contributed by atoms with Gasteiger partial charge in [-0.2, -0.15) is 18.3 Å². The van der Waals surface area contributed by atoms with Crippen LogP contribution in [-0.2, 0) is 11.0 Å². The van der Waals surface area contributed by atoms with Gasteiger partial charge in [-0.25, -0.2) is 4.68 Å². The Hall–Kier alpha value is -3.66. The predicted octanol–water partition coefficient (Wildman–Crippen LogP) is 4.42. The number of halogens is 4. The zero-order valence-corrected chi connectivity index (χ0v) is 17.5. The Morgan fingerprint density at radius 1 is 1.06 bits per heavy atom. The first-order chi connectivity index (χ1) is 15.0. The Kier molecular flexibility index (Phi) is 6.35. The SMILES string of the molecule is CC(=O)Nc1ccc(NC(=O)c2nn(-c3cccc(C(F)(F)F)c3)c(C)cc2=O)c(Cl)c1. The minimum Gasteiger partial charge on any atom is -0.326 e. The molecule has 0 saturated heterocycles. The molecule has 2 amide bonds. The maximum absolute atomic E-state index is 13.1. The molecule has 0 aliphatic carbocycles. The number of anilines is 2. The van der Waals surface area contributed by atoms with Gasteiger partial charge in [-0.3, -0.25) is 14.4 Å². The molecule has 3 rings (SSSR count). The Bertz CT molecular complexity index is 1270. The third kappa shape index (κ3) is 5.14. The molecule has 3 aromatic rings. The van der Waals surface area contributed by atoms with E-state index < -0.39 is 28.8 Å². The average molecular weight is 465 g/mol. The fourth-order valence-electron chi connectivity index (χ4n) is 2.86. The molecule has 32 heavy (non-hydrogen) atoms. The van der Waals surface area contributed by atoms with Gasteiger partial charge in [-0.15, -0.1) is 0 Å². The first kappa shape index (κ1) is 23.0. The number of nitrogens with zero attached hydrogens (tertiary/aromatic N) is 2. The van der Waals surface area contributed by atoms with E-state index in [2.05, 4.69) is 15.7 Å². The normalized spacial score (nSPS) is 11.2. The lowest BCUT2D eigenvalue weighted by atomic mass is 10.2. The van der Waals surface area contributed by atoms with Crippen LogP contribution in [0.25, 0.3) is 5.69 Å². The lowest BCUT2D eigenvalue weighted by Crippen LogP contribution is -2.27. The zero-order chi connectivity index (χ0) is 23.6. The molecule has 11 heteroatoms. The van der Waals surface area contributed by atoms with Crippen LogP contribution in [0, 0.1) is 6.92 Å². The number of hydrogen-bond acceptors (Lipinski definition) is 4. The number of amides is 2. The molecule has 7 nitrogen and oxygen atoms in total. The van der Waals surface area contributed by atoms with Crippen LogP contribution < -0.4 is 16.1 Å². The van der Waals surface area contributed by atoms with Crippen molar-refractivity contribution in [3.63, 3.8) is 0 Å². The van der Waals surface area contributed by atoms with Gasteiger partial charge in [0.25, 0.3) is 5.91 Å². The average Bonchev–Trinajstić information content (AvgIpc) is 2.69. The Morgan fingerprint density at radius 3 is 2.41 bits per heavy atom. The number of aromatic nitrogens is 2. The quantitative estimate of drug-likeness (QED) is 0.597. The lowest BCUT2D eigenvalue weighted by Gasteiger charge is -2.14. The monoisotopic (exact) mass is 464 g/mol. The van der Waals surface area contributed by atoms with E-state index in [-0.39, 0.29) is 28.0 Å². The predicted molar refractivity (Wildman–Crippen MR) is 113 cm³/mol. The molecular formula is C21H16ClF3N4O3. The number of benzene rings is 2. The molecule has 1 heterocycles. The summed E-state index contributed by atoms with van der Waals surface area (Å²) in [7, 11) is 0. The number of rotatable bonds is 4. The third-order valence-corrected chi connectivity index (χ3v) is 4.59. The van der Waals surface area contributed by atoms with Crippen molar-refractivity contribution in [1.29, 1.82) is 0 Å². The van der Waals surface area contributed by atoms with E-state index in [1.165, 1.54) is 44.2 Å². The van der Waals surface area contributed by atoms with Crippen molar-refractivity contribution in [3.05, 3.63) is 80.7 Å². The summed E-state index contributed by atoms with van der Waals surface area (Å²) in [6.07, 6.45) is -4.57. The highest BCUT2D eigenvalue weighted by molar-refractivity contribution is 6.34. The van der Waals surface area contributed by atoms with Crippen molar-refractivity contribution in [3.8, 4) is 5.69 Å². The number of aryl methyl sites for hydroxylation is 1. The summed E-state index contributed by atoms with van der Waals surface area (Å²) < 4.78 is 40.2. The second-order valence-corrected chi connectivity index (χ2v) is 7.20. The first-order valence-electron chi connectivity index (χ1n) is 9.13. The van der Waals surface area contributed by atoms with Crippen molar-refractivity contribution < 1.29 is 22.8 Å². The van der Waals surface area contributed by atoms with Crippen molar-refractivity contribution in [2.75, 3.05) is 10.6 Å². The van der Waals surface area contributed by atoms with E-state index >= 15 is 0 Å². The lowest BCUT2D eigenvalue weighted by molar-refractivity contribution is -0.137. The minimum atomic E-state index is -4.57. The van der Waals surface area contributed by atoms with Crippen LogP contribution >= 0.6 is 11.6 Å². The maximum Gasteiger partial charge on any atom is 0.416 e. The standard InChI is InChI=1S/C21H16ClF3N4O3/c1-11-8-18(31)19(28-29(11)15-5-3-4-13(9-15)21(23,24)25)20(32)27-17-7-6-14(10-16(17)22)26-12(2)30/h3-10H,1-2H3,(H,26,30)(H,27,32). The molecule has 166 valence electrons. The summed E-state index contributed by atoms with van der Waals surface area (Å²) in [6.45, 7) is 2.80. The summed E-state index contributed by atoms with van der Waals surface area (Å²) in [5.74, 6) is -1.21. The van der Waals surface area contributed by atoms with Crippen LogP contribution in [0.4, 0.5) is 24.5 Å². The van der Waals surface area contributed by atoms with Crippen molar-refractivity contribution in [2.45, 2.75) is 20.0 Å². The van der Waals surface area contributed by atoms with Gasteiger partial charge in [0.15, 0.2) is 5.69 Å². The second kappa shape index (κ2) is 8.83. The van der Waals surface area contributed by atoms with Gasteiger partial charge in [0, 0.05) is 24.4 Å². The number of nitrogens with one attached hydrogen (secondary N) is 2. The van der Waals surface area contributed by atoms with E-state index in [1.807, 2.05) is 0 Å². The summed E-state index contributed by atoms with van der Waals surface area (Å²) in [6, 6.07) is 9.76. The molecule has 0 radical (unpaired) electrons. The molecule has 0 spiro atoms. The number of hydrogen-bond donors (Lipinski definition) is 2. The highest BCUT2D eigenvalue weighted by Crippen LogP contribution is 2.30. The van der Waals surface area contributed by atoms with Crippen molar-refractivity contribution >= 4 is 34.8 Å². The van der Waals surface area contributed by atoms with Gasteiger partial charge in [0.1, 0.15) is 0 Å². The highest BCUT2D eigenvalue weighted by atomic mass is 35.5. The Labute approximate surface area is 184 Å². The van der Waals surface area contributed by atoms with E-state index in [1.54, 1.807) is 0 Å². The van der Waals surface area contributed by atoms with E-state index in [0.717, 1.165) is 22.9 Å². The molecule has 0 fully saturated rings. The van der Waals surface area contributed by atoms with E-state index in [0.29, 0.717) is 5.69 Å². The molecule has 0 bridgehead atoms. The molecular weight excluding hydrogens is 449 g/mol. The zero-order valence-electron chi connectivity index (χ0n) is 16.7. The van der Waals surface area contributed by atoms with Gasteiger partial charge in [0.05, 0.1) is 22.0 Å². The second-order valence-electron chi connectivity index (χ2n) is 6.79. The number of carbonyl (C=O) groups excluding carboxylic acids is 2. The summed E-state index contributed by atoms with van der Waals surface area (Å²) >= 11 is 6.12. The van der Waals surface area contributed by atoms with Crippen LogP contribution in [0.3, 0.4) is 0 Å². The van der Waals surface area contributed by atoms with Gasteiger partial charge in [0.2, 0.25) is 11.3 Å². The van der Waals surface area contributed by atoms with Crippen LogP contribution in [0.5, 0.6) is 0 Å². The molecule has 0 aliphatic heterocycles. The molecule has 0 aliphatic rings. The maximum atomic E-state index is 13.1. The summed E-state index contributed by atoms with van der Waals surface area (Å²) in [5, 5.41) is 9.04. The summed E-state index contributed by atoms with van der Waals surface area (Å²) in [5.41, 5.74) is -1.32. The fraction of sp³-hybridized carbons (Fsp3) is 0.143. The molecule has 0 unspecified atom stereocenters. The summed E-state index contributed by atoms with van der Waals surface area (Å²) in [4.78, 5) is 36.2. The number of alkyl halides is 3. The molecule has 0 saturated carbocycles. The number of carbonyl (C=O) groups is 2. The van der Waals surface area contributed by atoms with Crippen LogP contribution in [0.15, 0.2) is 53.3 Å². The smallest absolute Gasteiger partial charge is 0.326 e. The van der Waals surface area contributed by atoms with Crippen molar-refractivity contribution in [1.82, 2.24) is 9.78 Å². The van der Waals surface area contributed by atoms with E-state index in [9.17, 15) is 27.6 Å². The van der Waals surface area contributed by atoms with Gasteiger partial charge >= 0.3 is 6.18 Å². The Morgan fingerprint density at radius 2 is 1.78 bits per heavy atom. The van der Waals surface area contributed by atoms with Gasteiger partial charge < -0.3 is 10.6 Å². The molecule has 2 N–H and O–H groups in total. The topological polar surface area (TPSA) is 93.1 Å². The molecule has 2 aromatic carbocycles. The third-order valence-electron chi connectivity index (χ3n) is 4.28. The van der Waals surface area contributed by atoms with Crippen LogP contribution in [-0.4, -0.2) is 21.6 Å². The van der Waals surface area contributed by atoms with Crippen LogP contribution in [0.1, 0.15) is 28.7 Å². The van der Waals surface area contributed by atoms with Crippen LogP contribution in [0.2, 0.25) is 5.02 Å². The van der Waals surface area contributed by atoms with Crippen molar-refractivity contribution in [2.24, 2.45) is 0 Å². The van der Waals surface area contributed by atoms with Gasteiger partial charge in [-0.1, -0.05) is 17.7 Å². The fourth-order valence-corrected chi connectivity index (χ4v) is 3.09. The molecule has 1 aromatic heterocycles. The largest absolute Gasteiger partial charge is 0.416 e. The minimum absolute atomic E-state index is 0.0315. The first-order valence-corrected chi connectivity index (χ1v) is 9.50. The highest BCUT2D eigenvalue weighted by Gasteiger charge is 2.30.